The number of nitrogens with zero attached hydrogens (tertiary/aromatic N) is 5. The molecule has 1 saturated heterocycles. The minimum atomic E-state index is -4.85. The molecule has 1 fully saturated rings. The van der Waals surface area contributed by atoms with E-state index in [1.54, 1.807) is 0 Å². The van der Waals surface area contributed by atoms with E-state index in [9.17, 15) is 34.6 Å². The van der Waals surface area contributed by atoms with Crippen molar-refractivity contribution in [2.24, 2.45) is 0 Å². The molecule has 2 aromatic heterocycles. The standard InChI is InChI=1S/C41H60FN6O9P/c1-2-3-4-5-6-7-8-9-10-11-12-13-14-15-16-17-22-53-26-33(54-25-32-23-31(24-43)18-19-34(32)42)27-55-58(51,52)56-28-36-38(49)39(50)41(29-44,57-36)37-21-20-35-40(45)46-30-47-48(35)37/h18-21,23,30,33,36,38-39,49-50H,2-17,22,25-28H2,1H3,(H,51,52)(H2,45,46,47)/t33-,36-,38-,39-,41+/m1/s1. The second-order valence-corrected chi connectivity index (χ2v) is 16.3. The van der Waals surface area contributed by atoms with E-state index in [0.717, 1.165) is 31.7 Å². The predicted molar refractivity (Wildman–Crippen MR) is 213 cm³/mol. The first kappa shape index (κ1) is 47.1. The number of anilines is 1. The van der Waals surface area contributed by atoms with Crippen LogP contribution in [-0.2, 0) is 40.0 Å². The minimum absolute atomic E-state index is 0.0427. The van der Waals surface area contributed by atoms with Crippen molar-refractivity contribution in [2.45, 2.75) is 146 Å². The highest BCUT2D eigenvalue weighted by Crippen LogP contribution is 2.46. The summed E-state index contributed by atoms with van der Waals surface area (Å²) in [4.78, 5) is 14.5. The summed E-state index contributed by atoms with van der Waals surface area (Å²) in [5, 5.41) is 45.2. The Morgan fingerprint density at radius 3 is 2.21 bits per heavy atom. The highest BCUT2D eigenvalue weighted by atomic mass is 31.2. The van der Waals surface area contributed by atoms with Gasteiger partial charge in [0.2, 0.25) is 5.60 Å². The van der Waals surface area contributed by atoms with Crippen LogP contribution >= 0.6 is 7.82 Å². The fourth-order valence-corrected chi connectivity index (χ4v) is 7.77. The SMILES string of the molecule is CCCCCCCCCCCCCCCCCCOC[C@H](COP(=O)(O)OC[C@H]1O[C@@](C#N)(c2ccc3c(N)ncnn23)[C@H](O)[C@@H]1O)OCc1cc(C#N)ccc1F. The summed E-state index contributed by atoms with van der Waals surface area (Å²) in [5.74, 6) is -0.479. The molecular weight excluding hydrogens is 770 g/mol. The smallest absolute Gasteiger partial charge is 0.387 e. The molecule has 1 unspecified atom stereocenters. The zero-order valence-corrected chi connectivity index (χ0v) is 34.4. The number of unbranched alkanes of at least 4 members (excludes halogenated alkanes) is 15. The number of halogens is 1. The number of aliphatic hydroxyl groups is 2. The third-order valence-electron chi connectivity index (χ3n) is 10.4. The highest BCUT2D eigenvalue weighted by Gasteiger charge is 2.58. The van der Waals surface area contributed by atoms with E-state index in [0.29, 0.717) is 12.1 Å². The lowest BCUT2D eigenvalue weighted by Crippen LogP contribution is -2.41. The quantitative estimate of drug-likeness (QED) is 0.0402. The Morgan fingerprint density at radius 2 is 1.59 bits per heavy atom. The zero-order valence-electron chi connectivity index (χ0n) is 33.6. The molecule has 6 atom stereocenters. The number of hydrogen-bond donors (Lipinski definition) is 4. The summed E-state index contributed by atoms with van der Waals surface area (Å²) in [6.07, 6.45) is 15.2. The van der Waals surface area contributed by atoms with E-state index in [1.165, 1.54) is 112 Å². The van der Waals surface area contributed by atoms with Crippen LogP contribution in [0.4, 0.5) is 10.2 Å². The van der Waals surface area contributed by atoms with Gasteiger partial charge < -0.3 is 35.1 Å². The number of benzene rings is 1. The molecule has 1 aliphatic rings. The fourth-order valence-electron chi connectivity index (χ4n) is 7.01. The maximum atomic E-state index is 14.5. The van der Waals surface area contributed by atoms with Crippen molar-refractivity contribution in [3.63, 3.8) is 0 Å². The van der Waals surface area contributed by atoms with Gasteiger partial charge in [0.15, 0.2) is 5.82 Å². The molecule has 0 aliphatic carbocycles. The van der Waals surface area contributed by atoms with E-state index >= 15 is 0 Å². The molecule has 1 aromatic carbocycles. The Bertz CT molecular complexity index is 1820. The van der Waals surface area contributed by atoms with Crippen molar-refractivity contribution in [2.75, 3.05) is 32.2 Å². The van der Waals surface area contributed by atoms with Crippen LogP contribution < -0.4 is 5.73 Å². The first-order chi connectivity index (χ1) is 28.0. The molecule has 4 rings (SSSR count). The molecule has 15 nitrogen and oxygen atoms in total. The van der Waals surface area contributed by atoms with Crippen molar-refractivity contribution in [1.29, 1.82) is 10.5 Å². The molecule has 5 N–H and O–H groups in total. The Morgan fingerprint density at radius 1 is 0.948 bits per heavy atom. The number of fused-ring (bicyclic) bond motifs is 1. The molecule has 1 aliphatic heterocycles. The molecule has 3 heterocycles. The van der Waals surface area contributed by atoms with Crippen LogP contribution in [0.2, 0.25) is 0 Å². The second kappa shape index (κ2) is 24.5. The Labute approximate surface area is 340 Å². The summed E-state index contributed by atoms with van der Waals surface area (Å²) >= 11 is 0. The van der Waals surface area contributed by atoms with Gasteiger partial charge in [-0.2, -0.15) is 15.6 Å². The van der Waals surface area contributed by atoms with Gasteiger partial charge in [0, 0.05) is 12.2 Å². The first-order valence-electron chi connectivity index (χ1n) is 20.6. The van der Waals surface area contributed by atoms with Crippen LogP contribution in [0.5, 0.6) is 0 Å². The lowest BCUT2D eigenvalue weighted by atomic mass is 9.92. The van der Waals surface area contributed by atoms with Gasteiger partial charge in [0.05, 0.1) is 43.8 Å². The van der Waals surface area contributed by atoms with E-state index in [1.807, 2.05) is 12.1 Å². The van der Waals surface area contributed by atoms with Gasteiger partial charge in [0.1, 0.15) is 48.1 Å². The summed E-state index contributed by atoms with van der Waals surface area (Å²) in [6, 6.07) is 10.7. The fraction of sp³-hybridized carbons (Fsp3) is 0.659. The van der Waals surface area contributed by atoms with Crippen molar-refractivity contribution in [1.82, 2.24) is 14.6 Å². The number of nitrogen functional groups attached to an aromatic ring is 1. The molecule has 58 heavy (non-hydrogen) atoms. The topological polar surface area (TPSA) is 228 Å². The Balaban J connectivity index is 1.20. The maximum absolute atomic E-state index is 14.5. The van der Waals surface area contributed by atoms with E-state index in [2.05, 4.69) is 17.0 Å². The second-order valence-electron chi connectivity index (χ2n) is 14.9. The van der Waals surface area contributed by atoms with Crippen molar-refractivity contribution < 1.29 is 47.3 Å². The van der Waals surface area contributed by atoms with Crippen LogP contribution in [0, 0.1) is 28.5 Å². The molecule has 3 aromatic rings. The number of aliphatic hydroxyl groups excluding tert-OH is 2. The molecule has 0 bridgehead atoms. The normalized spacial score (nSPS) is 20.8. The highest BCUT2D eigenvalue weighted by molar-refractivity contribution is 7.47. The van der Waals surface area contributed by atoms with Gasteiger partial charge in [-0.3, -0.25) is 9.05 Å². The van der Waals surface area contributed by atoms with E-state index in [-0.39, 0.29) is 35.9 Å². The van der Waals surface area contributed by atoms with E-state index < -0.39 is 56.9 Å². The third kappa shape index (κ3) is 14.0. The van der Waals surface area contributed by atoms with E-state index in [4.69, 9.17) is 29.0 Å². The molecule has 0 amide bonds. The first-order valence-corrected chi connectivity index (χ1v) is 22.1. The summed E-state index contributed by atoms with van der Waals surface area (Å²) in [5.41, 5.74) is 4.50. The van der Waals surface area contributed by atoms with Crippen LogP contribution in [0.15, 0.2) is 36.7 Å². The average molecular weight is 831 g/mol. The van der Waals surface area contributed by atoms with Gasteiger partial charge in [-0.1, -0.05) is 103 Å². The third-order valence-corrected chi connectivity index (χ3v) is 11.4. The maximum Gasteiger partial charge on any atom is 0.472 e. The van der Waals surface area contributed by atoms with Crippen LogP contribution in [0.3, 0.4) is 0 Å². The molecule has 320 valence electrons. The Hall–Kier alpha value is -3.54. The summed E-state index contributed by atoms with van der Waals surface area (Å²) in [6.45, 7) is 1.11. The molecule has 0 radical (unpaired) electrons. The summed E-state index contributed by atoms with van der Waals surface area (Å²) < 4.78 is 56.6. The number of phosphoric ester groups is 1. The van der Waals surface area contributed by atoms with Crippen molar-refractivity contribution in [3.05, 3.63) is 59.3 Å². The molecule has 17 heteroatoms. The number of ether oxygens (including phenoxy) is 3. The van der Waals surface area contributed by atoms with Crippen LogP contribution in [0.1, 0.15) is 126 Å². The van der Waals surface area contributed by atoms with Gasteiger partial charge in [0.25, 0.3) is 0 Å². The number of nitrogens with two attached hydrogens (primary N) is 1. The number of hydrogen-bond acceptors (Lipinski definition) is 13. The number of phosphoric acid groups is 1. The van der Waals surface area contributed by atoms with Gasteiger partial charge >= 0.3 is 7.82 Å². The zero-order chi connectivity index (χ0) is 41.8. The lowest BCUT2D eigenvalue weighted by molar-refractivity contribution is -0.0691. The van der Waals surface area contributed by atoms with Gasteiger partial charge in [-0.15, -0.1) is 0 Å². The van der Waals surface area contributed by atoms with Crippen molar-refractivity contribution >= 4 is 19.2 Å². The van der Waals surface area contributed by atoms with Gasteiger partial charge in [-0.05, 0) is 36.8 Å². The largest absolute Gasteiger partial charge is 0.472 e. The molecule has 0 saturated carbocycles. The molecule has 0 spiro atoms. The van der Waals surface area contributed by atoms with Crippen molar-refractivity contribution in [3.8, 4) is 12.1 Å². The lowest BCUT2D eigenvalue weighted by Gasteiger charge is -2.24. The average Bonchev–Trinajstić information content (AvgIpc) is 3.77. The number of nitriles is 2. The van der Waals surface area contributed by atoms with Crippen LogP contribution in [-0.4, -0.2) is 80.5 Å². The summed E-state index contributed by atoms with van der Waals surface area (Å²) in [7, 11) is -4.85. The minimum Gasteiger partial charge on any atom is -0.387 e. The van der Waals surface area contributed by atoms with Crippen LogP contribution in [0.25, 0.3) is 5.52 Å². The molecular formula is C41H60FN6O9P. The Kier molecular flexibility index (Phi) is 19.9. The number of rotatable bonds is 29. The predicted octanol–water partition coefficient (Wildman–Crippen LogP) is 7.16. The van der Waals surface area contributed by atoms with Gasteiger partial charge in [-0.25, -0.2) is 18.5 Å². The number of aromatic nitrogens is 3. The monoisotopic (exact) mass is 830 g/mol.